The zero-order valence-electron chi connectivity index (χ0n) is 21.2. The highest BCUT2D eigenvalue weighted by Crippen LogP contribution is 2.18. The van der Waals surface area contributed by atoms with Crippen molar-refractivity contribution < 1.29 is 14.4 Å². The number of nitrogens with zero attached hydrogens (tertiary/aromatic N) is 1. The first kappa shape index (κ1) is 31.6. The van der Waals surface area contributed by atoms with E-state index < -0.39 is 5.97 Å². The average Bonchev–Trinajstić information content (AvgIpc) is 2.75. The summed E-state index contributed by atoms with van der Waals surface area (Å²) in [7, 11) is 0. The highest BCUT2D eigenvalue weighted by molar-refractivity contribution is 5.66. The number of carboxylic acid groups (broad SMARTS) is 1. The van der Waals surface area contributed by atoms with Gasteiger partial charge < -0.3 is 20.1 Å². The lowest BCUT2D eigenvalue weighted by Crippen LogP contribution is -2.50. The van der Waals surface area contributed by atoms with Crippen molar-refractivity contribution >= 4 is 5.97 Å². The summed E-state index contributed by atoms with van der Waals surface area (Å²) in [5, 5.41) is 9.13. The number of aliphatic carboxylic acids is 1. The van der Waals surface area contributed by atoms with Gasteiger partial charge in [-0.25, -0.2) is 0 Å². The van der Waals surface area contributed by atoms with Crippen LogP contribution in [0.5, 0.6) is 0 Å². The second-order valence-corrected chi connectivity index (χ2v) is 9.05. The zero-order valence-corrected chi connectivity index (χ0v) is 21.2. The summed E-state index contributed by atoms with van der Waals surface area (Å²) in [5.41, 5.74) is 4.51. The Labute approximate surface area is 189 Å². The van der Waals surface area contributed by atoms with E-state index in [-0.39, 0.29) is 6.54 Å². The first-order valence-electron chi connectivity index (χ1n) is 13.3. The van der Waals surface area contributed by atoms with Gasteiger partial charge in [-0.15, -0.1) is 0 Å². The lowest BCUT2D eigenvalue weighted by Gasteiger charge is -2.39. The summed E-state index contributed by atoms with van der Waals surface area (Å²) in [4.78, 5) is 9.13. The molecule has 0 heterocycles. The number of carboxylic acids is 1. The molecule has 30 heavy (non-hydrogen) atoms. The molecule has 0 saturated heterocycles. The predicted molar refractivity (Wildman–Crippen MR) is 130 cm³/mol. The molecule has 0 saturated carbocycles. The van der Waals surface area contributed by atoms with E-state index in [0.29, 0.717) is 0 Å². The number of hydrogen-bond donors (Lipinski definition) is 1. The van der Waals surface area contributed by atoms with Crippen molar-refractivity contribution in [3.05, 3.63) is 0 Å². The molecule has 0 unspecified atom stereocenters. The van der Waals surface area contributed by atoms with Gasteiger partial charge in [0.15, 0.2) is 0 Å². The van der Waals surface area contributed by atoms with Gasteiger partial charge in [-0.1, -0.05) is 91.9 Å². The van der Waals surface area contributed by atoms with Crippen LogP contribution in [0.25, 0.3) is 0 Å². The van der Waals surface area contributed by atoms with Crippen LogP contribution in [-0.2, 0) is 4.79 Å². The normalized spacial score (nSPS) is 11.2. The zero-order chi connectivity index (χ0) is 22.9. The van der Waals surface area contributed by atoms with Crippen molar-refractivity contribution in [1.82, 2.24) is 0 Å². The quantitative estimate of drug-likeness (QED) is 0.185. The van der Waals surface area contributed by atoms with E-state index in [9.17, 15) is 0 Å². The Morgan fingerprint density at radius 1 is 0.567 bits per heavy atom. The van der Waals surface area contributed by atoms with Crippen molar-refractivity contribution in [2.45, 2.75) is 130 Å². The molecule has 0 aromatic carbocycles. The SMILES string of the molecule is CCCCCCCC[N+](CCCC)(CCCC)CCCCCCCC.NCC(=O)[O-]. The molecule has 0 aromatic heterocycles. The van der Waals surface area contributed by atoms with Crippen LogP contribution in [0.1, 0.15) is 130 Å². The molecule has 0 aliphatic rings. The van der Waals surface area contributed by atoms with Gasteiger partial charge in [0.2, 0.25) is 0 Å². The summed E-state index contributed by atoms with van der Waals surface area (Å²) in [6.45, 7) is 14.8. The van der Waals surface area contributed by atoms with E-state index >= 15 is 0 Å². The van der Waals surface area contributed by atoms with Crippen LogP contribution in [0.15, 0.2) is 0 Å². The molecule has 0 aromatic rings. The first-order chi connectivity index (χ1) is 14.5. The smallest absolute Gasteiger partial charge is 0.0786 e. The van der Waals surface area contributed by atoms with Crippen LogP contribution in [0.2, 0.25) is 0 Å². The molecule has 0 aliphatic heterocycles. The fourth-order valence-electron chi connectivity index (χ4n) is 4.11. The molecule has 0 bridgehead atoms. The van der Waals surface area contributed by atoms with E-state index in [2.05, 4.69) is 33.4 Å². The molecule has 4 heteroatoms. The molecule has 0 radical (unpaired) electrons. The first-order valence-corrected chi connectivity index (χ1v) is 13.3. The minimum Gasteiger partial charge on any atom is -0.549 e. The summed E-state index contributed by atoms with van der Waals surface area (Å²) in [6, 6.07) is 0. The number of carbonyl (C=O) groups is 1. The number of quaternary nitrogens is 1. The fraction of sp³-hybridized carbons (Fsp3) is 0.962. The molecule has 4 nitrogen and oxygen atoms in total. The van der Waals surface area contributed by atoms with Crippen molar-refractivity contribution in [3.63, 3.8) is 0 Å². The standard InChI is InChI=1S/C24H52N.C2H5NO2/c1-5-9-13-15-17-19-23-25(21-11-7-3,22-12-8-4)24-20-18-16-14-10-6-2;3-1-2(4)5/h5-24H2,1-4H3;1,3H2,(H,4,5)/q+1;/p-1. The molecule has 0 spiro atoms. The Kier molecular flexibility index (Phi) is 26.0. The Morgan fingerprint density at radius 2 is 0.833 bits per heavy atom. The van der Waals surface area contributed by atoms with Crippen LogP contribution >= 0.6 is 0 Å². The highest BCUT2D eigenvalue weighted by Gasteiger charge is 2.25. The second-order valence-electron chi connectivity index (χ2n) is 9.05. The van der Waals surface area contributed by atoms with Gasteiger partial charge in [0.05, 0.1) is 32.1 Å². The molecule has 2 N–H and O–H groups in total. The molecule has 0 atom stereocenters. The number of unbranched alkanes of at least 4 members (excludes halogenated alkanes) is 12. The maximum Gasteiger partial charge on any atom is 0.0786 e. The van der Waals surface area contributed by atoms with Gasteiger partial charge in [0, 0.05) is 6.54 Å². The van der Waals surface area contributed by atoms with E-state index in [1.54, 1.807) is 0 Å². The number of hydrogen-bond acceptors (Lipinski definition) is 3. The van der Waals surface area contributed by atoms with Crippen molar-refractivity contribution in [1.29, 1.82) is 0 Å². The Morgan fingerprint density at radius 3 is 1.13 bits per heavy atom. The largest absolute Gasteiger partial charge is 0.549 e. The van der Waals surface area contributed by atoms with Crippen molar-refractivity contribution in [3.8, 4) is 0 Å². The maximum atomic E-state index is 9.13. The third-order valence-electron chi connectivity index (χ3n) is 6.11. The molecule has 0 fully saturated rings. The molecule has 182 valence electrons. The maximum absolute atomic E-state index is 9.13. The van der Waals surface area contributed by atoms with Crippen LogP contribution in [0.3, 0.4) is 0 Å². The van der Waals surface area contributed by atoms with Gasteiger partial charge >= 0.3 is 0 Å². The Bertz CT molecular complexity index is 322. The van der Waals surface area contributed by atoms with Gasteiger partial charge in [0.25, 0.3) is 0 Å². The van der Waals surface area contributed by atoms with Gasteiger partial charge in [-0.3, -0.25) is 0 Å². The number of rotatable bonds is 21. The minimum absolute atomic E-state index is 0.389. The van der Waals surface area contributed by atoms with Crippen molar-refractivity contribution in [2.24, 2.45) is 5.73 Å². The molecular weight excluding hydrogens is 372 g/mol. The summed E-state index contributed by atoms with van der Waals surface area (Å²) >= 11 is 0. The number of carbonyl (C=O) groups excluding carboxylic acids is 1. The van der Waals surface area contributed by atoms with Crippen LogP contribution in [0, 0.1) is 0 Å². The van der Waals surface area contributed by atoms with Crippen molar-refractivity contribution in [2.75, 3.05) is 32.7 Å². The summed E-state index contributed by atoms with van der Waals surface area (Å²) in [6.07, 6.45) is 22.9. The molecule has 0 rings (SSSR count). The van der Waals surface area contributed by atoms with Crippen LogP contribution < -0.4 is 10.8 Å². The molecule has 0 amide bonds. The minimum atomic E-state index is -1.22. The van der Waals surface area contributed by atoms with E-state index in [0.717, 1.165) is 0 Å². The summed E-state index contributed by atoms with van der Waals surface area (Å²) < 4.78 is 1.45. The lowest BCUT2D eigenvalue weighted by molar-refractivity contribution is -0.929. The predicted octanol–water partition coefficient (Wildman–Crippen LogP) is 5.82. The topological polar surface area (TPSA) is 66.2 Å². The highest BCUT2D eigenvalue weighted by atomic mass is 16.4. The van der Waals surface area contributed by atoms with E-state index in [4.69, 9.17) is 9.90 Å². The third kappa shape index (κ3) is 22.1. The van der Waals surface area contributed by atoms with Gasteiger partial charge in [0.1, 0.15) is 0 Å². The molecule has 0 aliphatic carbocycles. The third-order valence-corrected chi connectivity index (χ3v) is 6.11. The fourth-order valence-corrected chi connectivity index (χ4v) is 4.11. The van der Waals surface area contributed by atoms with Gasteiger partial charge in [-0.05, 0) is 38.5 Å². The average molecular weight is 429 g/mol. The Balaban J connectivity index is 0. The van der Waals surface area contributed by atoms with Crippen LogP contribution in [0.4, 0.5) is 0 Å². The van der Waals surface area contributed by atoms with E-state index in [1.807, 2.05) is 0 Å². The van der Waals surface area contributed by atoms with Gasteiger partial charge in [-0.2, -0.15) is 0 Å². The summed E-state index contributed by atoms with van der Waals surface area (Å²) in [5.74, 6) is -1.22. The Hall–Kier alpha value is -0.610. The van der Waals surface area contributed by atoms with Crippen LogP contribution in [-0.4, -0.2) is 43.2 Å². The second kappa shape index (κ2) is 24.7. The van der Waals surface area contributed by atoms with E-state index in [1.165, 1.54) is 133 Å². The number of nitrogens with two attached hydrogens (primary N) is 1. The lowest BCUT2D eigenvalue weighted by atomic mass is 10.1. The molecular formula is C26H56N2O2. The monoisotopic (exact) mass is 428 g/mol.